The lowest BCUT2D eigenvalue weighted by atomic mass is 9.99. The molecule has 0 spiro atoms. The zero-order valence-corrected chi connectivity index (χ0v) is 8.32. The van der Waals surface area contributed by atoms with Crippen molar-refractivity contribution in [1.29, 1.82) is 0 Å². The molecular weight excluding hydrogens is 194 g/mol. The molecule has 0 bridgehead atoms. The SMILES string of the molecule is NC1COc2cc3c(c(O)c21)OCCC3. The second-order valence-corrected chi connectivity index (χ2v) is 3.99. The second kappa shape index (κ2) is 3.03. The number of fused-ring (bicyclic) bond motifs is 2. The van der Waals surface area contributed by atoms with Crippen LogP contribution in [0.4, 0.5) is 0 Å². The molecule has 2 heterocycles. The summed E-state index contributed by atoms with van der Waals surface area (Å²) in [6, 6.07) is 1.70. The molecule has 3 rings (SSSR count). The van der Waals surface area contributed by atoms with Crippen molar-refractivity contribution >= 4 is 0 Å². The van der Waals surface area contributed by atoms with Gasteiger partial charge in [-0.1, -0.05) is 0 Å². The van der Waals surface area contributed by atoms with Crippen LogP contribution in [0.5, 0.6) is 17.2 Å². The summed E-state index contributed by atoms with van der Waals surface area (Å²) in [6.07, 6.45) is 1.91. The van der Waals surface area contributed by atoms with Crippen LogP contribution in [0.15, 0.2) is 6.07 Å². The Labute approximate surface area is 87.6 Å². The fourth-order valence-electron chi connectivity index (χ4n) is 2.22. The van der Waals surface area contributed by atoms with Crippen LogP contribution < -0.4 is 15.2 Å². The van der Waals surface area contributed by atoms with E-state index in [9.17, 15) is 5.11 Å². The average molecular weight is 207 g/mol. The molecule has 0 amide bonds. The van der Waals surface area contributed by atoms with Gasteiger partial charge in [0.2, 0.25) is 0 Å². The summed E-state index contributed by atoms with van der Waals surface area (Å²) in [5, 5.41) is 10.0. The molecule has 2 aliphatic heterocycles. The predicted octanol–water partition coefficient (Wildman–Crippen LogP) is 1.11. The van der Waals surface area contributed by atoms with E-state index >= 15 is 0 Å². The lowest BCUT2D eigenvalue weighted by molar-refractivity contribution is 0.271. The lowest BCUT2D eigenvalue weighted by Gasteiger charge is -2.20. The first-order valence-electron chi connectivity index (χ1n) is 5.17. The van der Waals surface area contributed by atoms with Crippen molar-refractivity contribution < 1.29 is 14.6 Å². The molecule has 0 saturated carbocycles. The lowest BCUT2D eigenvalue weighted by Crippen LogP contribution is -2.12. The first kappa shape index (κ1) is 8.85. The van der Waals surface area contributed by atoms with Gasteiger partial charge in [-0.05, 0) is 18.9 Å². The van der Waals surface area contributed by atoms with E-state index in [-0.39, 0.29) is 11.8 Å². The topological polar surface area (TPSA) is 64.7 Å². The number of aromatic hydroxyl groups is 1. The average Bonchev–Trinajstić information content (AvgIpc) is 2.61. The fraction of sp³-hybridized carbons (Fsp3) is 0.455. The molecule has 4 nitrogen and oxygen atoms in total. The second-order valence-electron chi connectivity index (χ2n) is 3.99. The Morgan fingerprint density at radius 1 is 1.40 bits per heavy atom. The number of nitrogens with two attached hydrogens (primary N) is 1. The number of rotatable bonds is 0. The highest BCUT2D eigenvalue weighted by Crippen LogP contribution is 2.47. The maximum Gasteiger partial charge on any atom is 0.166 e. The number of ether oxygens (including phenoxy) is 2. The van der Waals surface area contributed by atoms with Crippen molar-refractivity contribution in [2.45, 2.75) is 18.9 Å². The third kappa shape index (κ3) is 1.18. The molecule has 4 heteroatoms. The van der Waals surface area contributed by atoms with Crippen LogP contribution >= 0.6 is 0 Å². The van der Waals surface area contributed by atoms with Crippen molar-refractivity contribution in [3.05, 3.63) is 17.2 Å². The van der Waals surface area contributed by atoms with E-state index in [0.717, 1.165) is 18.4 Å². The maximum atomic E-state index is 10.0. The number of hydrogen-bond acceptors (Lipinski definition) is 4. The Morgan fingerprint density at radius 2 is 2.27 bits per heavy atom. The van der Waals surface area contributed by atoms with Crippen LogP contribution in [0.2, 0.25) is 0 Å². The molecule has 2 aliphatic rings. The van der Waals surface area contributed by atoms with E-state index in [1.165, 1.54) is 0 Å². The van der Waals surface area contributed by atoms with Crippen molar-refractivity contribution in [1.82, 2.24) is 0 Å². The summed E-state index contributed by atoms with van der Waals surface area (Å²) in [5.74, 6) is 1.48. The molecule has 0 fully saturated rings. The summed E-state index contributed by atoms with van der Waals surface area (Å²) < 4.78 is 10.9. The van der Waals surface area contributed by atoms with Crippen molar-refractivity contribution in [2.75, 3.05) is 13.2 Å². The third-order valence-electron chi connectivity index (χ3n) is 2.96. The Hall–Kier alpha value is -1.42. The van der Waals surface area contributed by atoms with Crippen LogP contribution in [0.1, 0.15) is 23.6 Å². The highest BCUT2D eigenvalue weighted by atomic mass is 16.5. The first-order chi connectivity index (χ1) is 7.27. The Balaban J connectivity index is 2.20. The molecule has 1 aromatic rings. The normalized spacial score (nSPS) is 22.6. The van der Waals surface area contributed by atoms with Gasteiger partial charge in [0.1, 0.15) is 12.4 Å². The van der Waals surface area contributed by atoms with Gasteiger partial charge < -0.3 is 20.3 Å². The molecule has 0 radical (unpaired) electrons. The smallest absolute Gasteiger partial charge is 0.166 e. The maximum absolute atomic E-state index is 10.0. The van der Waals surface area contributed by atoms with Crippen molar-refractivity contribution in [3.63, 3.8) is 0 Å². The number of aryl methyl sites for hydroxylation is 1. The van der Waals surface area contributed by atoms with E-state index in [1.807, 2.05) is 6.07 Å². The molecule has 1 atom stereocenters. The molecular formula is C11H13NO3. The monoisotopic (exact) mass is 207 g/mol. The molecule has 80 valence electrons. The summed E-state index contributed by atoms with van der Waals surface area (Å²) in [4.78, 5) is 0. The van der Waals surface area contributed by atoms with Crippen LogP contribution in [-0.4, -0.2) is 18.3 Å². The van der Waals surface area contributed by atoms with Gasteiger partial charge in [-0.3, -0.25) is 0 Å². The zero-order chi connectivity index (χ0) is 10.4. The number of phenolic OH excluding ortho intramolecular Hbond substituents is 1. The van der Waals surface area contributed by atoms with Crippen LogP contribution in [-0.2, 0) is 6.42 Å². The number of phenols is 1. The van der Waals surface area contributed by atoms with Gasteiger partial charge in [-0.2, -0.15) is 0 Å². The highest BCUT2D eigenvalue weighted by Gasteiger charge is 2.29. The molecule has 1 unspecified atom stereocenters. The van der Waals surface area contributed by atoms with Crippen molar-refractivity contribution in [2.24, 2.45) is 5.73 Å². The predicted molar refractivity (Wildman–Crippen MR) is 54.3 cm³/mol. The van der Waals surface area contributed by atoms with Gasteiger partial charge in [-0.15, -0.1) is 0 Å². The molecule has 0 aliphatic carbocycles. The number of hydrogen-bond donors (Lipinski definition) is 2. The van der Waals surface area contributed by atoms with E-state index in [2.05, 4.69) is 0 Å². The molecule has 3 N–H and O–H groups in total. The molecule has 0 aromatic heterocycles. The van der Waals surface area contributed by atoms with Gasteiger partial charge in [0.05, 0.1) is 18.2 Å². The van der Waals surface area contributed by atoms with Gasteiger partial charge in [-0.25, -0.2) is 0 Å². The van der Waals surface area contributed by atoms with Crippen LogP contribution in [0, 0.1) is 0 Å². The zero-order valence-electron chi connectivity index (χ0n) is 8.32. The molecule has 1 aromatic carbocycles. The first-order valence-corrected chi connectivity index (χ1v) is 5.17. The standard InChI is InChI=1S/C11H13NO3/c12-7-5-15-8-4-6-2-1-3-14-11(6)10(13)9(7)8/h4,7,13H,1-3,5,12H2. The summed E-state index contributed by atoms with van der Waals surface area (Å²) in [6.45, 7) is 1.10. The third-order valence-corrected chi connectivity index (χ3v) is 2.96. The summed E-state index contributed by atoms with van der Waals surface area (Å²) in [7, 11) is 0. The Bertz CT molecular complexity index is 416. The molecule has 15 heavy (non-hydrogen) atoms. The quantitative estimate of drug-likeness (QED) is 0.668. The minimum atomic E-state index is -0.240. The van der Waals surface area contributed by atoms with Crippen LogP contribution in [0.3, 0.4) is 0 Å². The van der Waals surface area contributed by atoms with Gasteiger partial charge in [0.25, 0.3) is 0 Å². The van der Waals surface area contributed by atoms with Gasteiger partial charge >= 0.3 is 0 Å². The van der Waals surface area contributed by atoms with E-state index in [1.54, 1.807) is 0 Å². The Morgan fingerprint density at radius 3 is 3.13 bits per heavy atom. The largest absolute Gasteiger partial charge is 0.504 e. The fourth-order valence-corrected chi connectivity index (χ4v) is 2.22. The van der Waals surface area contributed by atoms with Gasteiger partial charge in [0, 0.05) is 5.56 Å². The summed E-state index contributed by atoms with van der Waals surface area (Å²) in [5.41, 5.74) is 7.55. The highest BCUT2D eigenvalue weighted by molar-refractivity contribution is 5.60. The van der Waals surface area contributed by atoms with Gasteiger partial charge in [0.15, 0.2) is 11.5 Å². The van der Waals surface area contributed by atoms with E-state index < -0.39 is 0 Å². The summed E-state index contributed by atoms with van der Waals surface area (Å²) >= 11 is 0. The Kier molecular flexibility index (Phi) is 1.79. The van der Waals surface area contributed by atoms with E-state index in [0.29, 0.717) is 30.3 Å². The molecule has 0 saturated heterocycles. The minimum absolute atomic E-state index is 0.173. The van der Waals surface area contributed by atoms with Crippen LogP contribution in [0.25, 0.3) is 0 Å². The van der Waals surface area contributed by atoms with Crippen molar-refractivity contribution in [3.8, 4) is 17.2 Å². The van der Waals surface area contributed by atoms with E-state index in [4.69, 9.17) is 15.2 Å². The minimum Gasteiger partial charge on any atom is -0.504 e. The number of benzene rings is 1.